The molecule has 4 aliphatic rings. The van der Waals surface area contributed by atoms with Crippen molar-refractivity contribution in [2.75, 3.05) is 33.5 Å². The SMILES string of the molecule is CO[C@H]1CCN(C)[C@@H]1[C@H](C)Oc1cc(-n2cc3c(n2)CN(C)C3)nc(-c2noc3c2CCC[C@@]32CCc3ccc(N)c(C#N)c32)n1. The molecule has 1 aromatic carbocycles. The minimum absolute atomic E-state index is 0.0761. The van der Waals surface area contributed by atoms with E-state index >= 15 is 0 Å². The van der Waals surface area contributed by atoms with Crippen molar-refractivity contribution in [3.8, 4) is 29.3 Å². The van der Waals surface area contributed by atoms with E-state index in [9.17, 15) is 5.26 Å². The number of nitrogens with two attached hydrogens (primary N) is 1. The molecule has 0 saturated carbocycles. The lowest BCUT2D eigenvalue weighted by atomic mass is 9.68. The predicted octanol–water partition coefficient (Wildman–Crippen LogP) is 3.77. The van der Waals surface area contributed by atoms with Crippen LogP contribution in [0.4, 0.5) is 5.69 Å². The van der Waals surface area contributed by atoms with E-state index in [0.717, 1.165) is 86.3 Å². The van der Waals surface area contributed by atoms with Crippen molar-refractivity contribution in [2.45, 2.75) is 82.2 Å². The number of aryl methyl sites for hydroxylation is 1. The fourth-order valence-electron chi connectivity index (χ4n) is 8.50. The van der Waals surface area contributed by atoms with E-state index in [1.54, 1.807) is 7.11 Å². The van der Waals surface area contributed by atoms with Crippen LogP contribution >= 0.6 is 0 Å². The highest BCUT2D eigenvalue weighted by atomic mass is 16.5. The second-order valence-corrected chi connectivity index (χ2v) is 13.4. The topological polar surface area (TPSA) is 144 Å². The molecular formula is C34H39N9O3. The molecule has 1 spiro atoms. The quantitative estimate of drug-likeness (QED) is 0.314. The molecule has 1 saturated heterocycles. The fraction of sp³-hybridized carbons (Fsp3) is 0.500. The van der Waals surface area contributed by atoms with E-state index in [1.165, 1.54) is 5.56 Å². The number of likely N-dealkylation sites (N-methyl/N-ethyl adjacent to an activating group) is 1. The Morgan fingerprint density at radius 1 is 1.15 bits per heavy atom. The summed E-state index contributed by atoms with van der Waals surface area (Å²) in [5.41, 5.74) is 12.9. The number of nitrogens with zero attached hydrogens (tertiary/aromatic N) is 8. The smallest absolute Gasteiger partial charge is 0.219 e. The Labute approximate surface area is 268 Å². The summed E-state index contributed by atoms with van der Waals surface area (Å²) in [5, 5.41) is 19.6. The Hall–Kier alpha value is -4.31. The molecule has 2 aliphatic carbocycles. The van der Waals surface area contributed by atoms with Gasteiger partial charge in [-0.05, 0) is 76.7 Å². The molecule has 0 unspecified atom stereocenters. The molecule has 2 aliphatic heterocycles. The second-order valence-electron chi connectivity index (χ2n) is 13.4. The van der Waals surface area contributed by atoms with Crippen LogP contribution in [0.2, 0.25) is 0 Å². The van der Waals surface area contributed by atoms with Gasteiger partial charge in [-0.15, -0.1) is 0 Å². The Kier molecular flexibility index (Phi) is 6.90. The van der Waals surface area contributed by atoms with Gasteiger partial charge in [0.05, 0.1) is 28.8 Å². The van der Waals surface area contributed by atoms with Crippen molar-refractivity contribution >= 4 is 5.69 Å². The van der Waals surface area contributed by atoms with Crippen LogP contribution in [-0.2, 0) is 36.1 Å². The molecular weight excluding hydrogens is 582 g/mol. The number of hydrogen-bond acceptors (Lipinski definition) is 11. The summed E-state index contributed by atoms with van der Waals surface area (Å²) >= 11 is 0. The molecule has 1 fully saturated rings. The van der Waals surface area contributed by atoms with Crippen molar-refractivity contribution in [1.29, 1.82) is 5.26 Å². The standard InChI is InChI=1S/C34H39N9O3/c1-19(31-26(44-4)10-13-42(31)3)45-28-14-27(43-17-21-16-41(2)18-25(21)39-43)37-33(38-28)30-22-6-5-11-34(32(22)46-40-30)12-9-20-7-8-24(36)23(15-35)29(20)34/h7-8,14,17,19,26,31H,5-6,9-13,16,18,36H2,1-4H3/t19-,26-,31+,34-/m0/s1. The van der Waals surface area contributed by atoms with Gasteiger partial charge in [0.15, 0.2) is 23.1 Å². The average molecular weight is 622 g/mol. The summed E-state index contributed by atoms with van der Waals surface area (Å²) in [7, 11) is 5.95. The van der Waals surface area contributed by atoms with Gasteiger partial charge in [0.2, 0.25) is 5.88 Å². The highest BCUT2D eigenvalue weighted by Crippen LogP contribution is 2.54. The number of methoxy groups -OCH3 is 1. The summed E-state index contributed by atoms with van der Waals surface area (Å²) in [6, 6.07) is 8.22. The second kappa shape index (κ2) is 10.9. The van der Waals surface area contributed by atoms with Crippen LogP contribution in [0.5, 0.6) is 5.88 Å². The molecule has 4 aromatic rings. The van der Waals surface area contributed by atoms with Gasteiger partial charge in [0.25, 0.3) is 0 Å². The first-order valence-corrected chi connectivity index (χ1v) is 16.2. The Morgan fingerprint density at radius 2 is 2.02 bits per heavy atom. The highest BCUT2D eigenvalue weighted by molar-refractivity contribution is 5.68. The maximum absolute atomic E-state index is 10.1. The molecule has 0 radical (unpaired) electrons. The van der Waals surface area contributed by atoms with Gasteiger partial charge in [-0.25, -0.2) is 9.67 Å². The van der Waals surface area contributed by atoms with Gasteiger partial charge < -0.3 is 19.7 Å². The van der Waals surface area contributed by atoms with Crippen molar-refractivity contribution in [3.05, 3.63) is 63.7 Å². The van der Waals surface area contributed by atoms with E-state index in [0.29, 0.717) is 34.5 Å². The maximum atomic E-state index is 10.1. The van der Waals surface area contributed by atoms with Crippen LogP contribution in [0.25, 0.3) is 17.3 Å². The molecule has 238 valence electrons. The Morgan fingerprint density at radius 3 is 2.83 bits per heavy atom. The van der Waals surface area contributed by atoms with E-state index in [4.69, 9.17) is 34.8 Å². The van der Waals surface area contributed by atoms with Crippen molar-refractivity contribution in [3.63, 3.8) is 0 Å². The predicted molar refractivity (Wildman–Crippen MR) is 169 cm³/mol. The molecule has 12 nitrogen and oxygen atoms in total. The first-order valence-electron chi connectivity index (χ1n) is 16.2. The third-order valence-electron chi connectivity index (χ3n) is 10.6. The van der Waals surface area contributed by atoms with Crippen LogP contribution < -0.4 is 10.5 Å². The van der Waals surface area contributed by atoms with Crippen molar-refractivity contribution in [1.82, 2.24) is 34.7 Å². The van der Waals surface area contributed by atoms with Crippen LogP contribution in [0.15, 0.2) is 28.9 Å². The van der Waals surface area contributed by atoms with E-state index in [1.807, 2.05) is 23.0 Å². The first-order chi connectivity index (χ1) is 22.3. The number of aromatic nitrogens is 5. The van der Waals surface area contributed by atoms with Crippen LogP contribution in [0.1, 0.15) is 71.9 Å². The monoisotopic (exact) mass is 621 g/mol. The minimum Gasteiger partial charge on any atom is -0.473 e. The maximum Gasteiger partial charge on any atom is 0.219 e. The lowest BCUT2D eigenvalue weighted by molar-refractivity contribution is 0.0174. The summed E-state index contributed by atoms with van der Waals surface area (Å²) in [4.78, 5) is 14.5. The molecule has 3 aromatic heterocycles. The lowest BCUT2D eigenvalue weighted by Gasteiger charge is -2.33. The summed E-state index contributed by atoms with van der Waals surface area (Å²) in [6.45, 7) is 4.65. The number of fused-ring (bicyclic) bond motifs is 5. The number of nitriles is 1. The van der Waals surface area contributed by atoms with Gasteiger partial charge in [0, 0.05) is 55.8 Å². The number of anilines is 1. The molecule has 4 atom stereocenters. The molecule has 2 N–H and O–H groups in total. The number of nitrogen functional groups attached to an aromatic ring is 1. The van der Waals surface area contributed by atoms with Crippen LogP contribution in [0, 0.1) is 11.3 Å². The van der Waals surface area contributed by atoms with Gasteiger partial charge >= 0.3 is 0 Å². The normalized spacial score (nSPS) is 24.6. The molecule has 5 heterocycles. The van der Waals surface area contributed by atoms with Gasteiger partial charge in [-0.3, -0.25) is 9.80 Å². The van der Waals surface area contributed by atoms with Gasteiger partial charge in [-0.1, -0.05) is 11.2 Å². The van der Waals surface area contributed by atoms with E-state index < -0.39 is 5.41 Å². The first kappa shape index (κ1) is 29.1. The number of rotatable bonds is 6. The highest BCUT2D eigenvalue weighted by Gasteiger charge is 2.49. The third-order valence-corrected chi connectivity index (χ3v) is 10.6. The number of ether oxygens (including phenoxy) is 2. The molecule has 46 heavy (non-hydrogen) atoms. The van der Waals surface area contributed by atoms with Gasteiger partial charge in [0.1, 0.15) is 12.2 Å². The average Bonchev–Trinajstić information content (AvgIpc) is 3.86. The fourth-order valence-corrected chi connectivity index (χ4v) is 8.50. The molecule has 8 rings (SSSR count). The molecule has 0 amide bonds. The summed E-state index contributed by atoms with van der Waals surface area (Å²) < 4.78 is 20.5. The molecule has 0 bridgehead atoms. The lowest BCUT2D eigenvalue weighted by Crippen LogP contribution is -2.44. The zero-order valence-corrected chi connectivity index (χ0v) is 26.8. The number of likely N-dealkylation sites (tertiary alicyclic amines) is 1. The Bertz CT molecular complexity index is 1850. The van der Waals surface area contributed by atoms with E-state index in [-0.39, 0.29) is 18.2 Å². The van der Waals surface area contributed by atoms with Crippen LogP contribution in [-0.4, -0.2) is 80.7 Å². The summed E-state index contributed by atoms with van der Waals surface area (Å²) in [5.74, 6) is 2.30. The van der Waals surface area contributed by atoms with E-state index in [2.05, 4.69) is 48.1 Å². The van der Waals surface area contributed by atoms with Crippen LogP contribution in [0.3, 0.4) is 0 Å². The minimum atomic E-state index is -0.447. The zero-order valence-electron chi connectivity index (χ0n) is 26.8. The van der Waals surface area contributed by atoms with Crippen molar-refractivity contribution < 1.29 is 14.0 Å². The largest absolute Gasteiger partial charge is 0.473 e. The summed E-state index contributed by atoms with van der Waals surface area (Å²) in [6.07, 6.45) is 7.16. The zero-order chi connectivity index (χ0) is 31.7. The Balaban J connectivity index is 1.22. The number of hydrogen-bond donors (Lipinski definition) is 1. The third kappa shape index (κ3) is 4.44. The van der Waals surface area contributed by atoms with Gasteiger partial charge in [-0.2, -0.15) is 15.3 Å². The van der Waals surface area contributed by atoms with Crippen molar-refractivity contribution in [2.24, 2.45) is 0 Å². The molecule has 12 heteroatoms. The number of benzene rings is 1.